The molecule has 0 fully saturated rings. The van der Waals surface area contributed by atoms with E-state index >= 15 is 0 Å². The quantitative estimate of drug-likeness (QED) is 0.107. The number of carbonyl (C=O) groups is 2. The van der Waals surface area contributed by atoms with Gasteiger partial charge in [0.1, 0.15) is 36.2 Å². The van der Waals surface area contributed by atoms with Crippen LogP contribution in [-0.2, 0) is 54.6 Å². The molecule has 0 heterocycles. The normalized spacial score (nSPS) is 13.4. The van der Waals surface area contributed by atoms with Crippen LogP contribution in [0.3, 0.4) is 0 Å². The van der Waals surface area contributed by atoms with Crippen molar-refractivity contribution in [1.82, 2.24) is 0 Å². The zero-order valence-electron chi connectivity index (χ0n) is 24.5. The van der Waals surface area contributed by atoms with Crippen LogP contribution in [0.5, 0.6) is 0 Å². The molecule has 0 aliphatic carbocycles. The van der Waals surface area contributed by atoms with Crippen molar-refractivity contribution in [1.29, 1.82) is 0 Å². The standard InChI is InChI=1S/C32H46O6S2/c1-31(2,29(33)37-25-27-15-7-5-8-16-27)19-11-12-21-39(35)23-14-24-40(36)22-13-20-32(3,4)30(34)38-26-28-17-9-6-10-18-28/h5-10,15-18H,11-14,19-26H2,1-4H3. The molecule has 0 spiro atoms. The van der Waals surface area contributed by atoms with Gasteiger partial charge in [0.2, 0.25) is 0 Å². The van der Waals surface area contributed by atoms with Gasteiger partial charge in [0.15, 0.2) is 0 Å². The Bertz CT molecular complexity index is 997. The monoisotopic (exact) mass is 590 g/mol. The highest BCUT2D eigenvalue weighted by molar-refractivity contribution is 7.92. The van der Waals surface area contributed by atoms with Gasteiger partial charge >= 0.3 is 11.9 Å². The summed E-state index contributed by atoms with van der Waals surface area (Å²) >= 11 is -1.96. The first-order valence-electron chi connectivity index (χ1n) is 14.1. The molecule has 6 nitrogen and oxygen atoms in total. The van der Waals surface area contributed by atoms with Crippen LogP contribution in [0, 0.1) is 10.8 Å². The van der Waals surface area contributed by atoms with Crippen LogP contribution in [0.1, 0.15) is 77.3 Å². The van der Waals surface area contributed by atoms with E-state index in [1.54, 1.807) is 0 Å². The molecule has 40 heavy (non-hydrogen) atoms. The van der Waals surface area contributed by atoms with Gasteiger partial charge in [0.05, 0.1) is 10.8 Å². The van der Waals surface area contributed by atoms with Gasteiger partial charge in [-0.25, -0.2) is 0 Å². The Labute approximate surface area is 247 Å². The van der Waals surface area contributed by atoms with Gasteiger partial charge in [-0.1, -0.05) is 83.0 Å². The van der Waals surface area contributed by atoms with Crippen molar-refractivity contribution in [2.45, 2.75) is 79.4 Å². The second-order valence-electron chi connectivity index (χ2n) is 11.5. The molecule has 0 radical (unpaired) electrons. The summed E-state index contributed by atoms with van der Waals surface area (Å²) in [5.74, 6) is 1.70. The molecule has 0 saturated heterocycles. The molecule has 0 bridgehead atoms. The van der Waals surface area contributed by atoms with Crippen LogP contribution in [-0.4, -0.2) is 44.1 Å². The van der Waals surface area contributed by atoms with Crippen molar-refractivity contribution >= 4 is 34.3 Å². The van der Waals surface area contributed by atoms with Crippen LogP contribution in [0.4, 0.5) is 0 Å². The van der Waals surface area contributed by atoms with Gasteiger partial charge < -0.3 is 18.6 Å². The summed E-state index contributed by atoms with van der Waals surface area (Å²) in [7, 11) is 0. The number of esters is 2. The molecule has 2 atom stereocenters. The van der Waals surface area contributed by atoms with E-state index in [4.69, 9.17) is 9.47 Å². The predicted octanol–water partition coefficient (Wildman–Crippen LogP) is 6.36. The van der Waals surface area contributed by atoms with Crippen LogP contribution in [0.2, 0.25) is 0 Å². The third kappa shape index (κ3) is 13.6. The first-order valence-corrected chi connectivity index (χ1v) is 17.1. The highest BCUT2D eigenvalue weighted by Crippen LogP contribution is 2.27. The van der Waals surface area contributed by atoms with Gasteiger partial charge in [-0.3, -0.25) is 9.59 Å². The summed E-state index contributed by atoms with van der Waals surface area (Å²) in [6, 6.07) is 19.2. The molecule has 2 rings (SSSR count). The van der Waals surface area contributed by atoms with Gasteiger partial charge in [-0.15, -0.1) is 0 Å². The lowest BCUT2D eigenvalue weighted by molar-refractivity contribution is -0.156. The van der Waals surface area contributed by atoms with E-state index in [2.05, 4.69) is 0 Å². The highest BCUT2D eigenvalue weighted by Gasteiger charge is 2.30. The van der Waals surface area contributed by atoms with Gasteiger partial charge in [0.25, 0.3) is 0 Å². The maximum Gasteiger partial charge on any atom is 0.311 e. The molecule has 0 N–H and O–H groups in total. The predicted molar refractivity (Wildman–Crippen MR) is 163 cm³/mol. The summed E-state index contributed by atoms with van der Waals surface area (Å²) in [6.45, 7) is 8.03. The van der Waals surface area contributed by atoms with Crippen LogP contribution < -0.4 is 0 Å². The molecular formula is C32H46O6S2. The maximum atomic E-state index is 12.5. The number of hydrogen-bond acceptors (Lipinski definition) is 6. The minimum atomic E-state index is -0.996. The summed E-state index contributed by atoms with van der Waals surface area (Å²) < 4.78 is 35.8. The third-order valence-corrected chi connectivity index (χ3v) is 9.85. The Kier molecular flexibility index (Phi) is 15.2. The topological polar surface area (TPSA) is 98.7 Å². The zero-order chi connectivity index (χ0) is 29.4. The van der Waals surface area contributed by atoms with E-state index in [9.17, 15) is 18.7 Å². The lowest BCUT2D eigenvalue weighted by atomic mass is 9.87. The third-order valence-electron chi connectivity index (χ3n) is 6.87. The summed E-state index contributed by atoms with van der Waals surface area (Å²) in [5.41, 5.74) is 0.702. The Hall–Kier alpha value is -2.00. The highest BCUT2D eigenvalue weighted by atomic mass is 32.2. The lowest BCUT2D eigenvalue weighted by Crippen LogP contribution is -2.27. The molecule has 0 aliphatic rings. The first kappa shape index (κ1) is 34.2. The largest absolute Gasteiger partial charge is 0.616 e. The molecule has 0 amide bonds. The summed E-state index contributed by atoms with van der Waals surface area (Å²) in [4.78, 5) is 25.0. The molecule has 0 saturated carbocycles. The fraction of sp³-hybridized carbons (Fsp3) is 0.562. The SMILES string of the molecule is CC(C)(CCCC[S+]([O-])CCC[S+]([O-])CCCC(C)(C)C(=O)OCc1ccccc1)C(=O)OCc1ccccc1. The minimum Gasteiger partial charge on any atom is -0.616 e. The smallest absolute Gasteiger partial charge is 0.311 e. The second-order valence-corrected chi connectivity index (χ2v) is 14.9. The van der Waals surface area contributed by atoms with Crippen LogP contribution in [0.25, 0.3) is 0 Å². The Morgan fingerprint density at radius 2 is 0.975 bits per heavy atom. The molecule has 2 unspecified atom stereocenters. The van der Waals surface area contributed by atoms with Crippen molar-refractivity contribution in [2.75, 3.05) is 23.0 Å². The Balaban J connectivity index is 1.52. The second kappa shape index (κ2) is 17.7. The van der Waals surface area contributed by atoms with Crippen LogP contribution >= 0.6 is 0 Å². The van der Waals surface area contributed by atoms with E-state index in [-0.39, 0.29) is 25.2 Å². The molecule has 0 aliphatic heterocycles. The number of hydrogen-bond donors (Lipinski definition) is 0. The van der Waals surface area contributed by atoms with E-state index in [0.717, 1.165) is 24.0 Å². The number of benzene rings is 2. The van der Waals surface area contributed by atoms with Crippen molar-refractivity contribution in [3.8, 4) is 0 Å². The lowest BCUT2D eigenvalue weighted by Gasteiger charge is -2.23. The molecule has 2 aromatic rings. The van der Waals surface area contributed by atoms with E-state index in [0.29, 0.717) is 48.7 Å². The van der Waals surface area contributed by atoms with Crippen molar-refractivity contribution in [3.63, 3.8) is 0 Å². The Morgan fingerprint density at radius 1 is 0.600 bits per heavy atom. The van der Waals surface area contributed by atoms with Gasteiger partial charge in [-0.2, -0.15) is 0 Å². The van der Waals surface area contributed by atoms with Crippen molar-refractivity contribution in [2.24, 2.45) is 10.8 Å². The van der Waals surface area contributed by atoms with Gasteiger partial charge in [0, 0.05) is 6.42 Å². The molecular weight excluding hydrogens is 544 g/mol. The fourth-order valence-electron chi connectivity index (χ4n) is 4.13. The zero-order valence-corrected chi connectivity index (χ0v) is 26.2. The number of rotatable bonds is 19. The first-order chi connectivity index (χ1) is 19.0. The van der Waals surface area contributed by atoms with Crippen molar-refractivity contribution < 1.29 is 28.2 Å². The molecule has 2 aromatic carbocycles. The minimum absolute atomic E-state index is 0.215. The molecule has 8 heteroatoms. The number of ether oxygens (including phenoxy) is 2. The maximum absolute atomic E-state index is 12.5. The number of unbranched alkanes of at least 4 members (excludes halogenated alkanes) is 1. The van der Waals surface area contributed by atoms with E-state index < -0.39 is 33.2 Å². The Morgan fingerprint density at radius 3 is 1.43 bits per heavy atom. The van der Waals surface area contributed by atoms with Crippen molar-refractivity contribution in [3.05, 3.63) is 71.8 Å². The average molecular weight is 591 g/mol. The molecule has 222 valence electrons. The van der Waals surface area contributed by atoms with Crippen LogP contribution in [0.15, 0.2) is 60.7 Å². The summed E-state index contributed by atoms with van der Waals surface area (Å²) in [6.07, 6.45) is 4.19. The fourth-order valence-corrected chi connectivity index (χ4v) is 6.65. The number of carbonyl (C=O) groups excluding carboxylic acids is 2. The average Bonchev–Trinajstić information content (AvgIpc) is 2.93. The van der Waals surface area contributed by atoms with E-state index in [1.807, 2.05) is 88.4 Å². The van der Waals surface area contributed by atoms with E-state index in [1.165, 1.54) is 0 Å². The van der Waals surface area contributed by atoms with Gasteiger partial charge in [-0.05, 0) is 70.9 Å². The molecule has 0 aromatic heterocycles. The summed E-state index contributed by atoms with van der Waals surface area (Å²) in [5, 5.41) is 0.